The maximum absolute atomic E-state index is 4.65. The van der Waals surface area contributed by atoms with Crippen LogP contribution in [0.1, 0.15) is 51.3 Å². The molecule has 0 aliphatic carbocycles. The van der Waals surface area contributed by atoms with Crippen LogP contribution in [0.25, 0.3) is 134 Å². The fourth-order valence-electron chi connectivity index (χ4n) is 12.3. The molecule has 0 unspecified atom stereocenters. The van der Waals surface area contributed by atoms with E-state index in [1.165, 1.54) is 106 Å². The summed E-state index contributed by atoms with van der Waals surface area (Å²) in [5, 5.41) is 0. The SMILES string of the molecule is CC(C)(C)c1ccnc(-c2[c-]ccc(-c3ccc(-c4cc(-c5ccccc5)cc(-c5ccccc5)c4)cc3)c2)c1.CC(C)Cc1ccnc(-c2[c-]ccc(-c3ccc(-c4ccc(-c5ccccc5)cc4)cc3)c2)c1.Cc1ccc(-c2[c-]ccc(-c3ccc(-c4ccccc4)cc3)c2)nc1.[Ir].[Ir].[Ir]. The Morgan fingerprint density at radius 1 is 0.284 bits per heavy atom. The largest absolute Gasteiger partial charge is 0.305 e. The zero-order chi connectivity index (χ0) is 67.9. The zero-order valence-electron chi connectivity index (χ0n) is 58.0. The molecule has 0 fully saturated rings. The van der Waals surface area contributed by atoms with Crippen molar-refractivity contribution in [3.63, 3.8) is 0 Å². The van der Waals surface area contributed by atoms with Crippen molar-refractivity contribution in [3.8, 4) is 134 Å². The van der Waals surface area contributed by atoms with Crippen molar-refractivity contribution in [2.75, 3.05) is 0 Å². The summed E-state index contributed by atoms with van der Waals surface area (Å²) in [4.78, 5) is 13.8. The number of hydrogen-bond acceptors (Lipinski definition) is 3. The van der Waals surface area contributed by atoms with Gasteiger partial charge in [0.25, 0.3) is 0 Å². The predicted octanol–water partition coefficient (Wildman–Crippen LogP) is 25.4. The van der Waals surface area contributed by atoms with Crippen LogP contribution in [0.3, 0.4) is 0 Å². The van der Waals surface area contributed by atoms with E-state index in [0.29, 0.717) is 5.92 Å². The minimum Gasteiger partial charge on any atom is -0.305 e. The molecule has 0 bridgehead atoms. The third-order valence-electron chi connectivity index (χ3n) is 17.8. The van der Waals surface area contributed by atoms with E-state index in [-0.39, 0.29) is 65.7 Å². The Labute approximate surface area is 644 Å². The number of pyridine rings is 3. The van der Waals surface area contributed by atoms with Crippen molar-refractivity contribution in [1.82, 2.24) is 15.0 Å². The number of hydrogen-bond donors (Lipinski definition) is 0. The summed E-state index contributed by atoms with van der Waals surface area (Å²) in [5.41, 5.74) is 31.5. The molecule has 102 heavy (non-hydrogen) atoms. The number of rotatable bonds is 14. The Bertz CT molecular complexity index is 5060. The topological polar surface area (TPSA) is 38.7 Å². The average Bonchev–Trinajstić information content (AvgIpc) is 0.791. The Hall–Kier alpha value is -9.96. The van der Waals surface area contributed by atoms with Gasteiger partial charge < -0.3 is 15.0 Å². The third kappa shape index (κ3) is 19.4. The molecule has 0 amide bonds. The molecular weight excluding hydrogens is 1770 g/mol. The van der Waals surface area contributed by atoms with E-state index in [1.54, 1.807) is 0 Å². The first-order valence-electron chi connectivity index (χ1n) is 34.1. The van der Waals surface area contributed by atoms with Crippen molar-refractivity contribution < 1.29 is 60.3 Å². The molecule has 12 aromatic carbocycles. The van der Waals surface area contributed by atoms with Gasteiger partial charge in [0.05, 0.1) is 0 Å². The van der Waals surface area contributed by atoms with E-state index in [1.807, 2.05) is 61.9 Å². The Morgan fingerprint density at radius 3 is 0.922 bits per heavy atom. The number of aromatic nitrogens is 3. The van der Waals surface area contributed by atoms with Crippen LogP contribution < -0.4 is 0 Å². The van der Waals surface area contributed by atoms with Crippen molar-refractivity contribution in [2.45, 2.75) is 53.4 Å². The van der Waals surface area contributed by atoms with E-state index in [9.17, 15) is 0 Å². The summed E-state index contributed by atoms with van der Waals surface area (Å²) in [6.45, 7) is 13.2. The minimum absolute atomic E-state index is 0. The molecule has 15 aromatic rings. The summed E-state index contributed by atoms with van der Waals surface area (Å²) >= 11 is 0. The molecule has 3 radical (unpaired) electrons. The fourth-order valence-corrected chi connectivity index (χ4v) is 12.3. The Balaban J connectivity index is 0.000000166. The van der Waals surface area contributed by atoms with E-state index in [2.05, 4.69) is 359 Å². The van der Waals surface area contributed by atoms with Gasteiger partial charge in [0.2, 0.25) is 0 Å². The second-order valence-electron chi connectivity index (χ2n) is 26.6. The predicted molar refractivity (Wildman–Crippen MR) is 416 cm³/mol. The van der Waals surface area contributed by atoms with Crippen molar-refractivity contribution >= 4 is 0 Å². The fraction of sp³-hybridized carbons (Fsp3) is 0.0938. The first-order valence-corrected chi connectivity index (χ1v) is 34.1. The summed E-state index contributed by atoms with van der Waals surface area (Å²) < 4.78 is 0. The van der Waals surface area contributed by atoms with Crippen LogP contribution in [0.15, 0.2) is 346 Å². The van der Waals surface area contributed by atoms with E-state index < -0.39 is 0 Å². The van der Waals surface area contributed by atoms with Gasteiger partial charge in [0.1, 0.15) is 0 Å². The molecule has 15 rings (SSSR count). The molecule has 3 heterocycles. The van der Waals surface area contributed by atoms with Crippen molar-refractivity contribution in [3.05, 3.63) is 381 Å². The molecule has 0 atom stereocenters. The molecule has 0 saturated heterocycles. The standard InChI is InChI=1S/C39H32N.C33H28N.C24H18N.3Ir/c1-39(2,3)37-21-22-40-38(27-37)33-16-10-15-32(23-33)30-17-19-31(20-18-30)36-25-34(28-11-6-4-7-12-28)24-35(26-36)29-13-8-5-9-14-29;1-24(2)21-25-19-20-34-33(22-25)32-10-6-9-31(23-32)30-17-15-29(16-18-30)28-13-11-27(12-14-28)26-7-4-3-5-8-26;1-18-10-15-24(25-17-18)23-9-5-8-22(16-23)21-13-11-20(12-14-21)19-6-3-2-4-7-19;;;/h4-15,17-27H,1-3H3;3-9,11-20,22-24H,21H2,1-2H3;2-8,10-17H,1H3;;;/q3*-1;;;. The smallest absolute Gasteiger partial charge is 0.0190 e. The Morgan fingerprint density at radius 2 is 0.588 bits per heavy atom. The van der Waals surface area contributed by atoms with E-state index in [4.69, 9.17) is 0 Å². The number of aryl methyl sites for hydroxylation is 1. The average molecular weight is 1850 g/mol. The normalized spacial score (nSPS) is 10.7. The first kappa shape index (κ1) is 74.7. The molecule has 3 nitrogen and oxygen atoms in total. The van der Waals surface area contributed by atoms with Gasteiger partial charge in [-0.25, -0.2) is 0 Å². The quantitative estimate of drug-likeness (QED) is 0.102. The first-order chi connectivity index (χ1) is 48.4. The van der Waals surface area contributed by atoms with Gasteiger partial charge in [-0.15, -0.1) is 106 Å². The second-order valence-corrected chi connectivity index (χ2v) is 26.6. The zero-order valence-corrected chi connectivity index (χ0v) is 65.2. The van der Waals surface area contributed by atoms with E-state index >= 15 is 0 Å². The molecule has 3 aromatic heterocycles. The van der Waals surface area contributed by atoms with Crippen LogP contribution in [0.4, 0.5) is 0 Å². The van der Waals surface area contributed by atoms with Crippen LogP contribution in [0.2, 0.25) is 0 Å². The van der Waals surface area contributed by atoms with Gasteiger partial charge in [-0.2, -0.15) is 0 Å². The van der Waals surface area contributed by atoms with Crippen LogP contribution in [-0.4, -0.2) is 15.0 Å². The maximum Gasteiger partial charge on any atom is 0.0190 e. The van der Waals surface area contributed by atoms with Gasteiger partial charge in [-0.1, -0.05) is 283 Å². The minimum atomic E-state index is 0. The number of nitrogens with zero attached hydrogens (tertiary/aromatic N) is 3. The van der Waals surface area contributed by atoms with Crippen LogP contribution in [0.5, 0.6) is 0 Å². The molecule has 0 saturated carbocycles. The summed E-state index contributed by atoms with van der Waals surface area (Å²) in [6.07, 6.45) is 6.76. The van der Waals surface area contributed by atoms with Gasteiger partial charge in [0.15, 0.2) is 0 Å². The van der Waals surface area contributed by atoms with Crippen LogP contribution in [0, 0.1) is 31.0 Å². The van der Waals surface area contributed by atoms with Gasteiger partial charge in [-0.3, -0.25) is 0 Å². The van der Waals surface area contributed by atoms with E-state index in [0.717, 1.165) is 51.3 Å². The molecule has 507 valence electrons. The number of benzene rings is 12. The van der Waals surface area contributed by atoms with Crippen molar-refractivity contribution in [1.29, 1.82) is 0 Å². The molecule has 6 heteroatoms. The molecule has 0 N–H and O–H groups in total. The van der Waals surface area contributed by atoms with Crippen LogP contribution in [-0.2, 0) is 72.2 Å². The Kier molecular flexibility index (Phi) is 26.1. The monoisotopic (exact) mass is 1850 g/mol. The maximum atomic E-state index is 4.65. The molecule has 0 aliphatic rings. The third-order valence-corrected chi connectivity index (χ3v) is 17.8. The van der Waals surface area contributed by atoms with Crippen molar-refractivity contribution in [2.24, 2.45) is 5.92 Å². The molecule has 0 spiro atoms. The van der Waals surface area contributed by atoms with Crippen LogP contribution >= 0.6 is 0 Å². The summed E-state index contributed by atoms with van der Waals surface area (Å²) in [7, 11) is 0. The van der Waals surface area contributed by atoms with Gasteiger partial charge >= 0.3 is 0 Å². The van der Waals surface area contributed by atoms with Gasteiger partial charge in [0, 0.05) is 78.9 Å². The van der Waals surface area contributed by atoms with Gasteiger partial charge in [-0.05, 0) is 167 Å². The second kappa shape index (κ2) is 35.6. The molecule has 0 aliphatic heterocycles. The molecular formula is C96H78Ir3N3-3. The summed E-state index contributed by atoms with van der Waals surface area (Å²) in [6, 6.07) is 126. The summed E-state index contributed by atoms with van der Waals surface area (Å²) in [5.74, 6) is 0.624.